The summed E-state index contributed by atoms with van der Waals surface area (Å²) >= 11 is 0.904. The van der Waals surface area contributed by atoms with Crippen molar-refractivity contribution in [3.63, 3.8) is 0 Å². The van der Waals surface area contributed by atoms with Crippen molar-refractivity contribution < 1.29 is 28.6 Å². The number of hydrogen-bond acceptors (Lipinski definition) is 8. The molecule has 1 aliphatic carbocycles. The molecule has 1 aliphatic heterocycles. The predicted octanol–water partition coefficient (Wildman–Crippen LogP) is 5.16. The molecule has 8 nitrogen and oxygen atoms in total. The van der Waals surface area contributed by atoms with Gasteiger partial charge in [0.1, 0.15) is 6.07 Å². The Morgan fingerprint density at radius 3 is 2.27 bits per heavy atom. The fourth-order valence-electron chi connectivity index (χ4n) is 4.25. The summed E-state index contributed by atoms with van der Waals surface area (Å²) in [4.78, 5) is 47.4. The van der Waals surface area contributed by atoms with Crippen LogP contribution in [0.1, 0.15) is 38.8 Å². The minimum atomic E-state index is -0.717. The minimum absolute atomic E-state index is 0.0286. The van der Waals surface area contributed by atoms with Crippen molar-refractivity contribution in [1.82, 2.24) is 4.90 Å². The third kappa shape index (κ3) is 4.28. The second kappa shape index (κ2) is 10.3. The molecule has 0 saturated carbocycles. The molecule has 0 atom stereocenters. The number of carbonyl (C=O) groups excluding carboxylic acids is 3. The molecule has 0 N–H and O–H groups in total. The van der Waals surface area contributed by atoms with E-state index in [1.54, 1.807) is 85.8 Å². The first-order valence-electron chi connectivity index (χ1n) is 11.3. The van der Waals surface area contributed by atoms with E-state index in [0.29, 0.717) is 28.2 Å². The maximum atomic E-state index is 13.8. The lowest BCUT2D eigenvalue weighted by atomic mass is 9.81. The van der Waals surface area contributed by atoms with E-state index in [0.717, 1.165) is 16.9 Å². The molecule has 5 rings (SSSR count). The van der Waals surface area contributed by atoms with Gasteiger partial charge in [0, 0.05) is 21.6 Å². The van der Waals surface area contributed by atoms with Crippen molar-refractivity contribution in [1.29, 1.82) is 5.26 Å². The van der Waals surface area contributed by atoms with Gasteiger partial charge in [-0.15, -0.1) is 4.33 Å². The van der Waals surface area contributed by atoms with E-state index >= 15 is 0 Å². The number of benzene rings is 3. The van der Waals surface area contributed by atoms with E-state index in [9.17, 15) is 19.6 Å². The smallest absolute Gasteiger partial charge is 0.267 e. The molecule has 0 radical (unpaired) electrons. The van der Waals surface area contributed by atoms with Crippen molar-refractivity contribution >= 4 is 40.9 Å². The molecule has 2 aliphatic rings. The first-order chi connectivity index (χ1) is 18.1. The Kier molecular flexibility index (Phi) is 6.81. The molecule has 3 aromatic carbocycles. The fourth-order valence-corrected chi connectivity index (χ4v) is 4.65. The van der Waals surface area contributed by atoms with Crippen molar-refractivity contribution in [3.8, 4) is 6.07 Å². The predicted molar refractivity (Wildman–Crippen MR) is 134 cm³/mol. The monoisotopic (exact) mass is 510 g/mol. The number of nitrogens with zero attached hydrogens (tertiary/aromatic N) is 2. The molecule has 2 amide bonds. The van der Waals surface area contributed by atoms with Crippen molar-refractivity contribution in [3.05, 3.63) is 112 Å². The molecular weight excluding hydrogens is 492 g/mol. The van der Waals surface area contributed by atoms with E-state index in [1.807, 2.05) is 0 Å². The van der Waals surface area contributed by atoms with Crippen LogP contribution in [0.5, 0.6) is 0 Å². The topological polar surface area (TPSA) is 106 Å². The van der Waals surface area contributed by atoms with Gasteiger partial charge in [0.25, 0.3) is 11.8 Å². The lowest BCUT2D eigenvalue weighted by Gasteiger charge is -2.19. The van der Waals surface area contributed by atoms with Crippen LogP contribution in [0, 0.1) is 11.3 Å². The summed E-state index contributed by atoms with van der Waals surface area (Å²) in [6, 6.07) is 23.7. The largest absolute Gasteiger partial charge is 0.288 e. The van der Waals surface area contributed by atoms with E-state index in [1.165, 1.54) is 0 Å². The van der Waals surface area contributed by atoms with E-state index in [2.05, 4.69) is 16.0 Å². The highest BCUT2D eigenvalue weighted by Crippen LogP contribution is 2.45. The molecule has 0 spiro atoms. The summed E-state index contributed by atoms with van der Waals surface area (Å²) in [6.07, 6.45) is 0. The Balaban J connectivity index is 1.67. The average Bonchev–Trinajstić information content (AvgIpc) is 3.25. The Labute approximate surface area is 216 Å². The third-order valence-electron chi connectivity index (χ3n) is 5.83. The van der Waals surface area contributed by atoms with Crippen molar-refractivity contribution in [2.75, 3.05) is 6.61 Å². The number of amides is 2. The van der Waals surface area contributed by atoms with Crippen molar-refractivity contribution in [2.45, 2.75) is 11.8 Å². The molecule has 0 bridgehead atoms. The Morgan fingerprint density at radius 2 is 1.59 bits per heavy atom. The van der Waals surface area contributed by atoms with Crippen LogP contribution in [0.2, 0.25) is 0 Å². The number of hydrogen-bond donors (Lipinski definition) is 0. The van der Waals surface area contributed by atoms with Crippen LogP contribution in [0.15, 0.2) is 94.9 Å². The maximum Gasteiger partial charge on any atom is 0.267 e. The maximum absolute atomic E-state index is 13.8. The highest BCUT2D eigenvalue weighted by molar-refractivity contribution is 7.94. The molecule has 0 unspecified atom stereocenters. The highest BCUT2D eigenvalue weighted by Gasteiger charge is 2.47. The van der Waals surface area contributed by atoms with Gasteiger partial charge < -0.3 is 0 Å². The number of imide groups is 1. The molecule has 1 heterocycles. The highest BCUT2D eigenvalue weighted by atomic mass is 32.2. The Hall–Kier alpha value is -4.33. The molecule has 0 saturated heterocycles. The Bertz CT molecular complexity index is 1520. The lowest BCUT2D eigenvalue weighted by molar-refractivity contribution is -0.458. The summed E-state index contributed by atoms with van der Waals surface area (Å²) in [5.41, 5.74) is 1.53. The molecular formula is C28H18N2O6S. The average molecular weight is 511 g/mol. The summed E-state index contributed by atoms with van der Waals surface area (Å²) < 4.78 is 4.90. The quantitative estimate of drug-likeness (QED) is 0.141. The van der Waals surface area contributed by atoms with Gasteiger partial charge in [-0.05, 0) is 36.8 Å². The molecule has 3 aromatic rings. The van der Waals surface area contributed by atoms with Gasteiger partial charge in [0.05, 0.1) is 41.1 Å². The summed E-state index contributed by atoms with van der Waals surface area (Å²) in [5.74, 6) is -1.75. The minimum Gasteiger partial charge on any atom is -0.288 e. The van der Waals surface area contributed by atoms with Gasteiger partial charge in [-0.3, -0.25) is 14.4 Å². The van der Waals surface area contributed by atoms with Gasteiger partial charge in [-0.1, -0.05) is 59.6 Å². The fraction of sp³-hybridized carbons (Fsp3) is 0.0714. The number of allylic oxidation sites excluding steroid dienone is 1. The number of rotatable bonds is 7. The van der Waals surface area contributed by atoms with Crippen LogP contribution < -0.4 is 0 Å². The molecule has 9 heteroatoms. The van der Waals surface area contributed by atoms with Gasteiger partial charge in [0.15, 0.2) is 5.78 Å². The number of nitriles is 1. The van der Waals surface area contributed by atoms with Crippen LogP contribution in [0.3, 0.4) is 0 Å². The van der Waals surface area contributed by atoms with Gasteiger partial charge in [-0.2, -0.15) is 5.26 Å². The van der Waals surface area contributed by atoms with Gasteiger partial charge in [-0.25, -0.2) is 9.79 Å². The van der Waals surface area contributed by atoms with Crippen LogP contribution in [-0.4, -0.2) is 29.1 Å². The zero-order valence-electron chi connectivity index (χ0n) is 19.5. The molecule has 182 valence electrons. The second-order valence-corrected chi connectivity index (χ2v) is 8.70. The number of fused-ring (bicyclic) bond motifs is 2. The normalized spacial score (nSPS) is 14.5. The summed E-state index contributed by atoms with van der Waals surface area (Å²) in [5, 5.41) is 14.6. The SMILES string of the molecule is CCOOOSc1ccc(C2=C3C(=O)c4ccccc4C(C#N)=C3C(=O)N2C(=O)c2ccccc2)cc1. The van der Waals surface area contributed by atoms with Crippen LogP contribution in [0.25, 0.3) is 11.3 Å². The third-order valence-corrected chi connectivity index (χ3v) is 6.42. The zero-order valence-corrected chi connectivity index (χ0v) is 20.3. The zero-order chi connectivity index (χ0) is 25.9. The summed E-state index contributed by atoms with van der Waals surface area (Å²) in [7, 11) is 0. The van der Waals surface area contributed by atoms with E-state index < -0.39 is 17.6 Å². The number of Topliss-reactive ketones (excluding diaryl/α,β-unsaturated/α-hetero) is 1. The number of carbonyl (C=O) groups is 3. The van der Waals surface area contributed by atoms with E-state index in [-0.39, 0.29) is 28.0 Å². The molecule has 0 fully saturated rings. The Morgan fingerprint density at radius 1 is 0.919 bits per heavy atom. The van der Waals surface area contributed by atoms with Crippen LogP contribution in [-0.2, 0) is 19.1 Å². The van der Waals surface area contributed by atoms with Crippen molar-refractivity contribution in [2.24, 2.45) is 0 Å². The van der Waals surface area contributed by atoms with Crippen LogP contribution in [0.4, 0.5) is 0 Å². The standard InChI is InChI=1S/C28H18N2O6S/c1-2-34-35-36-37-19-14-12-17(13-15-19)25-24-23(22(16-29)20-10-6-7-11-21(20)26(24)31)28(33)30(25)27(32)18-8-4-3-5-9-18/h3-15H,2H2,1H3. The first kappa shape index (κ1) is 24.4. The summed E-state index contributed by atoms with van der Waals surface area (Å²) in [6.45, 7) is 2.06. The molecule has 0 aromatic heterocycles. The molecule has 37 heavy (non-hydrogen) atoms. The number of ketones is 1. The first-order valence-corrected chi connectivity index (χ1v) is 12.0. The second-order valence-electron chi connectivity index (χ2n) is 7.92. The van der Waals surface area contributed by atoms with Gasteiger partial charge >= 0.3 is 0 Å². The van der Waals surface area contributed by atoms with Gasteiger partial charge in [0.2, 0.25) is 0 Å². The van der Waals surface area contributed by atoms with E-state index in [4.69, 9.17) is 4.33 Å². The lowest BCUT2D eigenvalue weighted by Crippen LogP contribution is -2.32. The van der Waals surface area contributed by atoms with Crippen LogP contribution >= 0.6 is 12.0 Å².